The molecule has 0 atom stereocenters. The summed E-state index contributed by atoms with van der Waals surface area (Å²) in [6.07, 6.45) is 1.55. The van der Waals surface area contributed by atoms with Gasteiger partial charge in [-0.3, -0.25) is 4.72 Å². The molecule has 0 aliphatic rings. The summed E-state index contributed by atoms with van der Waals surface area (Å²) in [5.74, 6) is 0.614. The van der Waals surface area contributed by atoms with Gasteiger partial charge in [-0.05, 0) is 38.1 Å². The number of anilines is 2. The number of hydrogen-bond donors (Lipinski definition) is 2. The van der Waals surface area contributed by atoms with Gasteiger partial charge in [-0.1, -0.05) is 35.0 Å². The number of nitrogens with zero attached hydrogens (tertiary/aromatic N) is 3. The van der Waals surface area contributed by atoms with E-state index in [-0.39, 0.29) is 10.7 Å². The van der Waals surface area contributed by atoms with Gasteiger partial charge in [0.15, 0.2) is 5.82 Å². The minimum absolute atomic E-state index is 0.0702. The topological polar surface area (TPSA) is 121 Å². The Labute approximate surface area is 195 Å². The molecule has 0 saturated heterocycles. The smallest absolute Gasteiger partial charge is 0.263 e. The summed E-state index contributed by atoms with van der Waals surface area (Å²) < 4.78 is 32.2. The fourth-order valence-electron chi connectivity index (χ4n) is 2.89. The lowest BCUT2D eigenvalue weighted by Gasteiger charge is -2.06. The van der Waals surface area contributed by atoms with E-state index >= 15 is 0 Å². The van der Waals surface area contributed by atoms with Crippen molar-refractivity contribution in [3.63, 3.8) is 0 Å². The Hall–Kier alpha value is -3.94. The third-order valence-corrected chi connectivity index (χ3v) is 6.86. The van der Waals surface area contributed by atoms with Crippen LogP contribution in [0.1, 0.15) is 16.3 Å². The molecule has 166 valence electrons. The summed E-state index contributed by atoms with van der Waals surface area (Å²) >= 11 is 1.38. The van der Waals surface area contributed by atoms with Gasteiger partial charge in [0, 0.05) is 28.9 Å². The molecule has 2 heterocycles. The van der Waals surface area contributed by atoms with Gasteiger partial charge in [0.05, 0.1) is 10.6 Å². The van der Waals surface area contributed by atoms with E-state index in [0.29, 0.717) is 22.0 Å². The molecule has 33 heavy (non-hydrogen) atoms. The number of benzene rings is 2. The van der Waals surface area contributed by atoms with Crippen LogP contribution >= 0.6 is 11.3 Å². The minimum atomic E-state index is -3.80. The second-order valence-corrected chi connectivity index (χ2v) is 9.71. The number of nitriles is 1. The van der Waals surface area contributed by atoms with Gasteiger partial charge in [0.2, 0.25) is 0 Å². The molecule has 4 rings (SSSR count). The molecule has 2 N–H and O–H groups in total. The highest BCUT2D eigenvalue weighted by Crippen LogP contribution is 2.26. The molecule has 0 spiro atoms. The Morgan fingerprint density at radius 2 is 1.85 bits per heavy atom. The zero-order valence-electron chi connectivity index (χ0n) is 17.7. The van der Waals surface area contributed by atoms with Gasteiger partial charge >= 0.3 is 0 Å². The van der Waals surface area contributed by atoms with Crippen LogP contribution in [0.2, 0.25) is 0 Å². The SMILES string of the molecule is Cc1ccc(-c2csc(/C(C#N)=C\Nc3ccc(S(=O)(=O)Nc4cc(C)on4)cc3)n2)cc1. The van der Waals surface area contributed by atoms with Crippen LogP contribution in [0, 0.1) is 25.2 Å². The normalized spacial score (nSPS) is 11.7. The van der Waals surface area contributed by atoms with Crippen molar-refractivity contribution in [2.45, 2.75) is 18.7 Å². The fraction of sp³-hybridized carbons (Fsp3) is 0.0870. The number of allylic oxidation sites excluding steroid dienone is 1. The Balaban J connectivity index is 1.47. The summed E-state index contributed by atoms with van der Waals surface area (Å²) in [6, 6.07) is 17.8. The number of hydrogen-bond acceptors (Lipinski definition) is 8. The Bertz CT molecular complexity index is 1450. The first-order valence-electron chi connectivity index (χ1n) is 9.80. The van der Waals surface area contributed by atoms with Crippen LogP contribution in [0.15, 0.2) is 75.6 Å². The fourth-order valence-corrected chi connectivity index (χ4v) is 4.67. The average molecular weight is 478 g/mol. The lowest BCUT2D eigenvalue weighted by atomic mass is 10.1. The van der Waals surface area contributed by atoms with Gasteiger partial charge < -0.3 is 9.84 Å². The minimum Gasteiger partial charge on any atom is -0.360 e. The van der Waals surface area contributed by atoms with Crippen molar-refractivity contribution in [1.82, 2.24) is 10.1 Å². The first kappa shape index (κ1) is 22.3. The van der Waals surface area contributed by atoms with Gasteiger partial charge in [-0.15, -0.1) is 11.3 Å². The van der Waals surface area contributed by atoms with Crippen LogP contribution in [-0.4, -0.2) is 18.6 Å². The van der Waals surface area contributed by atoms with E-state index in [1.807, 2.05) is 36.6 Å². The number of aryl methyl sites for hydroxylation is 2. The second-order valence-electron chi connectivity index (χ2n) is 7.17. The monoisotopic (exact) mass is 477 g/mol. The molecule has 0 saturated carbocycles. The molecule has 4 aromatic rings. The second kappa shape index (κ2) is 9.28. The summed E-state index contributed by atoms with van der Waals surface area (Å²) in [6.45, 7) is 3.69. The Morgan fingerprint density at radius 3 is 2.48 bits per heavy atom. The standard InChI is InChI=1S/C23H19N5O3S2/c1-15-3-5-17(6-4-15)21-14-32-23(26-21)18(12-24)13-25-19-7-9-20(10-8-19)33(29,30)28-22-11-16(2)31-27-22/h3-11,13-14,25H,1-2H3,(H,27,28)/b18-13-. The van der Waals surface area contributed by atoms with E-state index in [2.05, 4.69) is 26.2 Å². The van der Waals surface area contributed by atoms with Crippen molar-refractivity contribution in [2.24, 2.45) is 0 Å². The molecule has 0 fully saturated rings. The summed E-state index contributed by atoms with van der Waals surface area (Å²) in [5.41, 5.74) is 3.95. The zero-order valence-corrected chi connectivity index (χ0v) is 19.4. The van der Waals surface area contributed by atoms with Crippen LogP contribution in [0.3, 0.4) is 0 Å². The maximum absolute atomic E-state index is 12.5. The predicted molar refractivity (Wildman–Crippen MR) is 128 cm³/mol. The van der Waals surface area contributed by atoms with E-state index in [4.69, 9.17) is 4.52 Å². The van der Waals surface area contributed by atoms with E-state index < -0.39 is 10.0 Å². The van der Waals surface area contributed by atoms with Crippen molar-refractivity contribution < 1.29 is 12.9 Å². The number of nitrogens with one attached hydrogen (secondary N) is 2. The molecule has 2 aromatic carbocycles. The van der Waals surface area contributed by atoms with Crippen LogP contribution in [0.5, 0.6) is 0 Å². The van der Waals surface area contributed by atoms with Gasteiger partial charge in [0.1, 0.15) is 22.4 Å². The third-order valence-electron chi connectivity index (χ3n) is 4.62. The van der Waals surface area contributed by atoms with Crippen molar-refractivity contribution >= 4 is 38.4 Å². The maximum atomic E-state index is 12.5. The van der Waals surface area contributed by atoms with Crippen molar-refractivity contribution in [3.05, 3.63) is 82.5 Å². The molecular formula is C23H19N5O3S2. The molecule has 8 nitrogen and oxygen atoms in total. The molecule has 0 radical (unpaired) electrons. The molecule has 0 unspecified atom stereocenters. The van der Waals surface area contributed by atoms with E-state index in [9.17, 15) is 13.7 Å². The highest BCUT2D eigenvalue weighted by molar-refractivity contribution is 7.92. The van der Waals surface area contributed by atoms with Crippen LogP contribution in [0.4, 0.5) is 11.5 Å². The van der Waals surface area contributed by atoms with E-state index in [1.165, 1.54) is 35.1 Å². The van der Waals surface area contributed by atoms with E-state index in [1.54, 1.807) is 25.3 Å². The number of aromatic nitrogens is 2. The molecule has 10 heteroatoms. The first-order valence-corrected chi connectivity index (χ1v) is 12.2. The van der Waals surface area contributed by atoms with Crippen LogP contribution in [0.25, 0.3) is 16.8 Å². The zero-order chi connectivity index (χ0) is 23.4. The Morgan fingerprint density at radius 1 is 1.12 bits per heavy atom. The molecular weight excluding hydrogens is 458 g/mol. The lowest BCUT2D eigenvalue weighted by Crippen LogP contribution is -2.13. The van der Waals surface area contributed by atoms with Gasteiger partial charge in [0.25, 0.3) is 10.0 Å². The van der Waals surface area contributed by atoms with Crippen LogP contribution < -0.4 is 10.0 Å². The summed E-state index contributed by atoms with van der Waals surface area (Å²) in [5, 5.41) is 18.7. The molecule has 0 aliphatic carbocycles. The van der Waals surface area contributed by atoms with Crippen molar-refractivity contribution in [3.8, 4) is 17.3 Å². The Kier molecular flexibility index (Phi) is 6.26. The summed E-state index contributed by atoms with van der Waals surface area (Å²) in [4.78, 5) is 4.64. The highest BCUT2D eigenvalue weighted by Gasteiger charge is 2.16. The molecule has 2 aromatic heterocycles. The van der Waals surface area contributed by atoms with Crippen molar-refractivity contribution in [2.75, 3.05) is 10.0 Å². The predicted octanol–water partition coefficient (Wildman–Crippen LogP) is 5.19. The first-order chi connectivity index (χ1) is 15.8. The lowest BCUT2D eigenvalue weighted by molar-refractivity contribution is 0.400. The number of rotatable bonds is 7. The average Bonchev–Trinajstić information content (AvgIpc) is 3.44. The van der Waals surface area contributed by atoms with Crippen molar-refractivity contribution in [1.29, 1.82) is 5.26 Å². The maximum Gasteiger partial charge on any atom is 0.263 e. The van der Waals surface area contributed by atoms with Crippen LogP contribution in [-0.2, 0) is 10.0 Å². The largest absolute Gasteiger partial charge is 0.360 e. The molecule has 0 amide bonds. The quantitative estimate of drug-likeness (QED) is 0.351. The van der Waals surface area contributed by atoms with Gasteiger partial charge in [-0.2, -0.15) is 5.26 Å². The van der Waals surface area contributed by atoms with Gasteiger partial charge in [-0.25, -0.2) is 13.4 Å². The molecule has 0 aliphatic heterocycles. The number of thiazole rings is 1. The third kappa shape index (κ3) is 5.28. The number of sulfonamides is 1. The van der Waals surface area contributed by atoms with E-state index in [0.717, 1.165) is 11.3 Å². The highest BCUT2D eigenvalue weighted by atomic mass is 32.2. The molecule has 0 bridgehead atoms. The summed E-state index contributed by atoms with van der Waals surface area (Å²) in [7, 11) is -3.80.